The monoisotopic (exact) mass is 325 g/mol. The smallest absolute Gasteiger partial charge is 0.217 e. The van der Waals surface area contributed by atoms with Gasteiger partial charge in [0, 0.05) is 12.7 Å². The molecule has 0 saturated heterocycles. The fraction of sp³-hybridized carbons (Fsp3) is 0.350. The third-order valence-electron chi connectivity index (χ3n) is 3.86. The van der Waals surface area contributed by atoms with Crippen LogP contribution < -0.4 is 0 Å². The topological polar surface area (TPSA) is 40.0 Å². The van der Waals surface area contributed by atoms with Crippen LogP contribution in [-0.4, -0.2) is 31.9 Å². The van der Waals surface area contributed by atoms with E-state index in [9.17, 15) is 0 Å². The van der Waals surface area contributed by atoms with E-state index in [2.05, 4.69) is 50.2 Å². The normalized spacial score (nSPS) is 15.9. The number of methoxy groups -OCH3 is 1. The van der Waals surface area contributed by atoms with E-state index in [-0.39, 0.29) is 5.54 Å². The Labute approximate surface area is 143 Å². The van der Waals surface area contributed by atoms with Gasteiger partial charge in [-0.25, -0.2) is 4.99 Å². The lowest BCUT2D eigenvalue weighted by atomic mass is 9.98. The highest BCUT2D eigenvalue weighted by Gasteiger charge is 2.28. The fourth-order valence-electron chi connectivity index (χ4n) is 2.67. The minimum Gasteiger partial charge on any atom is -0.475 e. The first-order valence-corrected chi connectivity index (χ1v) is 8.07. The van der Waals surface area contributed by atoms with E-state index in [1.165, 1.54) is 0 Å². The van der Waals surface area contributed by atoms with Gasteiger partial charge in [-0.3, -0.25) is 0 Å². The summed E-state index contributed by atoms with van der Waals surface area (Å²) in [5.74, 6) is 0.725. The molecule has 0 amide bonds. The third-order valence-corrected chi connectivity index (χ3v) is 3.86. The zero-order valence-corrected chi connectivity index (χ0v) is 14.4. The lowest BCUT2D eigenvalue weighted by Crippen LogP contribution is -2.17. The second-order valence-electron chi connectivity index (χ2n) is 6.52. The van der Waals surface area contributed by atoms with Crippen LogP contribution in [-0.2, 0) is 20.8 Å². The molecule has 2 aromatic rings. The first-order chi connectivity index (χ1) is 11.6. The zero-order valence-electron chi connectivity index (χ0n) is 14.4. The molecule has 0 fully saturated rings. The number of aliphatic imine (C=N–C) groups is 1. The molecule has 4 heteroatoms. The average molecular weight is 325 g/mol. The van der Waals surface area contributed by atoms with Gasteiger partial charge in [0.25, 0.3) is 0 Å². The van der Waals surface area contributed by atoms with Crippen LogP contribution in [0.1, 0.15) is 25.0 Å². The molecule has 0 atom stereocenters. The fourth-order valence-corrected chi connectivity index (χ4v) is 2.67. The largest absolute Gasteiger partial charge is 0.475 e. The molecule has 1 heterocycles. The van der Waals surface area contributed by atoms with Gasteiger partial charge in [-0.15, -0.1) is 0 Å². The number of ether oxygens (including phenoxy) is 3. The maximum absolute atomic E-state index is 5.82. The summed E-state index contributed by atoms with van der Waals surface area (Å²) < 4.78 is 16.1. The van der Waals surface area contributed by atoms with Crippen LogP contribution >= 0.6 is 0 Å². The van der Waals surface area contributed by atoms with Gasteiger partial charge in [0.2, 0.25) is 5.90 Å². The second-order valence-corrected chi connectivity index (χ2v) is 6.52. The molecule has 0 radical (unpaired) electrons. The van der Waals surface area contributed by atoms with Crippen molar-refractivity contribution in [1.29, 1.82) is 0 Å². The lowest BCUT2D eigenvalue weighted by Gasteiger charge is -2.10. The standard InChI is InChI=1S/C20H23NO3/c1-20(2)13-24-19(21-20)18-7-5-4-6-17(18)16-10-8-15(9-11-16)12-23-14-22-3/h4-11H,12-14H2,1-3H3. The Morgan fingerprint density at radius 2 is 1.75 bits per heavy atom. The summed E-state index contributed by atoms with van der Waals surface area (Å²) in [5, 5.41) is 0. The highest BCUT2D eigenvalue weighted by Crippen LogP contribution is 2.28. The number of hydrogen-bond acceptors (Lipinski definition) is 4. The van der Waals surface area contributed by atoms with E-state index in [1.54, 1.807) is 7.11 Å². The summed E-state index contributed by atoms with van der Waals surface area (Å²) in [6, 6.07) is 16.6. The molecule has 0 saturated carbocycles. The molecule has 0 bridgehead atoms. The summed E-state index contributed by atoms with van der Waals surface area (Å²) in [6.45, 7) is 5.62. The van der Waals surface area contributed by atoms with Crippen LogP contribution in [0.5, 0.6) is 0 Å². The SMILES string of the molecule is COCOCc1ccc(-c2ccccc2C2=NC(C)(C)CO2)cc1. The van der Waals surface area contributed by atoms with E-state index >= 15 is 0 Å². The number of benzene rings is 2. The molecule has 3 rings (SSSR count). The summed E-state index contributed by atoms with van der Waals surface area (Å²) in [5.41, 5.74) is 4.25. The second kappa shape index (κ2) is 7.16. The van der Waals surface area contributed by atoms with Gasteiger partial charge in [-0.2, -0.15) is 0 Å². The van der Waals surface area contributed by atoms with Crippen molar-refractivity contribution >= 4 is 5.90 Å². The van der Waals surface area contributed by atoms with Crippen LogP contribution in [0.4, 0.5) is 0 Å². The van der Waals surface area contributed by atoms with Crippen LogP contribution in [0.2, 0.25) is 0 Å². The van der Waals surface area contributed by atoms with Crippen LogP contribution in [0, 0.1) is 0 Å². The average Bonchev–Trinajstić information content (AvgIpc) is 2.96. The van der Waals surface area contributed by atoms with Gasteiger partial charge in [0.05, 0.1) is 12.1 Å². The maximum atomic E-state index is 5.82. The molecule has 0 spiro atoms. The van der Waals surface area contributed by atoms with Crippen molar-refractivity contribution in [1.82, 2.24) is 0 Å². The Kier molecular flexibility index (Phi) is 4.97. The molecule has 2 aromatic carbocycles. The summed E-state index contributed by atoms with van der Waals surface area (Å²) in [4.78, 5) is 4.70. The lowest BCUT2D eigenvalue weighted by molar-refractivity contribution is -0.0390. The molecule has 126 valence electrons. The maximum Gasteiger partial charge on any atom is 0.217 e. The van der Waals surface area contributed by atoms with Crippen molar-refractivity contribution in [3.63, 3.8) is 0 Å². The number of hydrogen-bond donors (Lipinski definition) is 0. The number of rotatable bonds is 6. The first-order valence-electron chi connectivity index (χ1n) is 8.07. The van der Waals surface area contributed by atoms with Crippen molar-refractivity contribution in [2.45, 2.75) is 26.0 Å². The van der Waals surface area contributed by atoms with Crippen molar-refractivity contribution in [2.24, 2.45) is 4.99 Å². The Balaban J connectivity index is 1.85. The summed E-state index contributed by atoms with van der Waals surface area (Å²) in [7, 11) is 1.62. The quantitative estimate of drug-likeness (QED) is 0.595. The minimum absolute atomic E-state index is 0.162. The molecule has 0 aliphatic carbocycles. The van der Waals surface area contributed by atoms with Gasteiger partial charge in [0.1, 0.15) is 13.4 Å². The molecule has 0 aromatic heterocycles. The van der Waals surface area contributed by atoms with E-state index < -0.39 is 0 Å². The minimum atomic E-state index is -0.162. The molecular formula is C20H23NO3. The van der Waals surface area contributed by atoms with Gasteiger partial charge < -0.3 is 14.2 Å². The van der Waals surface area contributed by atoms with Crippen molar-refractivity contribution in [3.8, 4) is 11.1 Å². The highest BCUT2D eigenvalue weighted by molar-refractivity contribution is 6.01. The Morgan fingerprint density at radius 3 is 2.38 bits per heavy atom. The van der Waals surface area contributed by atoms with Crippen LogP contribution in [0.3, 0.4) is 0 Å². The van der Waals surface area contributed by atoms with Gasteiger partial charge >= 0.3 is 0 Å². The highest BCUT2D eigenvalue weighted by atomic mass is 16.7. The van der Waals surface area contributed by atoms with Crippen LogP contribution in [0.25, 0.3) is 11.1 Å². The van der Waals surface area contributed by atoms with Crippen molar-refractivity contribution in [3.05, 3.63) is 59.7 Å². The molecule has 1 aliphatic rings. The first kappa shape index (κ1) is 16.7. The molecule has 0 unspecified atom stereocenters. The molecule has 1 aliphatic heterocycles. The van der Waals surface area contributed by atoms with E-state index in [4.69, 9.17) is 19.2 Å². The predicted molar refractivity (Wildman–Crippen MR) is 95.1 cm³/mol. The molecular weight excluding hydrogens is 302 g/mol. The van der Waals surface area contributed by atoms with Crippen molar-refractivity contribution < 1.29 is 14.2 Å². The molecule has 0 N–H and O–H groups in total. The Hall–Kier alpha value is -2.17. The molecule has 4 nitrogen and oxygen atoms in total. The van der Waals surface area contributed by atoms with E-state index in [0.29, 0.717) is 20.0 Å². The van der Waals surface area contributed by atoms with Gasteiger partial charge in [-0.05, 0) is 36.6 Å². The zero-order chi connectivity index (χ0) is 17.0. The van der Waals surface area contributed by atoms with Crippen LogP contribution in [0.15, 0.2) is 53.5 Å². The Morgan fingerprint density at radius 1 is 1.04 bits per heavy atom. The van der Waals surface area contributed by atoms with Crippen molar-refractivity contribution in [2.75, 3.05) is 20.5 Å². The van der Waals surface area contributed by atoms with E-state index in [0.717, 1.165) is 28.2 Å². The van der Waals surface area contributed by atoms with Gasteiger partial charge in [0.15, 0.2) is 0 Å². The summed E-state index contributed by atoms with van der Waals surface area (Å²) >= 11 is 0. The molecule has 24 heavy (non-hydrogen) atoms. The third kappa shape index (κ3) is 3.83. The predicted octanol–water partition coefficient (Wildman–Crippen LogP) is 4.03. The van der Waals surface area contributed by atoms with Gasteiger partial charge in [-0.1, -0.05) is 42.5 Å². The Bertz CT molecular complexity index is 720. The summed E-state index contributed by atoms with van der Waals surface area (Å²) in [6.07, 6.45) is 0. The number of nitrogens with zero attached hydrogens (tertiary/aromatic N) is 1. The van der Waals surface area contributed by atoms with E-state index in [1.807, 2.05) is 12.1 Å².